The average molecular weight is 331 g/mol. The number of urea groups is 1. The van der Waals surface area contributed by atoms with Gasteiger partial charge < -0.3 is 15.4 Å². The number of pyridine rings is 1. The molecule has 8 nitrogen and oxygen atoms in total. The van der Waals surface area contributed by atoms with Crippen LogP contribution in [0.3, 0.4) is 0 Å². The van der Waals surface area contributed by atoms with Gasteiger partial charge in [0.2, 0.25) is 0 Å². The van der Waals surface area contributed by atoms with Crippen molar-refractivity contribution in [1.82, 2.24) is 14.6 Å². The number of nitrogens with one attached hydrogen (secondary N) is 2. The fourth-order valence-corrected chi connectivity index (χ4v) is 2.83. The summed E-state index contributed by atoms with van der Waals surface area (Å²) in [6, 6.07) is 4.65. The Morgan fingerprint density at radius 1 is 1.22 bits per heavy atom. The van der Waals surface area contributed by atoms with E-state index in [2.05, 4.69) is 25.6 Å². The number of fused-ring (bicyclic) bond motifs is 1. The van der Waals surface area contributed by atoms with E-state index in [1.54, 1.807) is 28.0 Å². The Kier molecular flexibility index (Phi) is 3.94. The maximum Gasteiger partial charge on any atom is 0.350 e. The second kappa shape index (κ2) is 6.05. The number of carbonyl (C=O) groups excluding carboxylic acids is 2. The summed E-state index contributed by atoms with van der Waals surface area (Å²) in [6.07, 6.45) is 1.81. The predicted molar refractivity (Wildman–Crippen MR) is 86.0 cm³/mol. The third-order valence-electron chi connectivity index (χ3n) is 3.14. The van der Waals surface area contributed by atoms with Crippen LogP contribution in [-0.4, -0.2) is 33.7 Å². The molecule has 0 aromatic carbocycles. The van der Waals surface area contributed by atoms with Gasteiger partial charge in [0, 0.05) is 6.20 Å². The molecule has 0 aliphatic heterocycles. The normalized spacial score (nSPS) is 10.5. The number of anilines is 2. The molecule has 2 amide bonds. The van der Waals surface area contributed by atoms with Crippen molar-refractivity contribution in [2.75, 3.05) is 17.7 Å². The lowest BCUT2D eigenvalue weighted by Crippen LogP contribution is -2.21. The van der Waals surface area contributed by atoms with Crippen LogP contribution in [0.2, 0.25) is 0 Å². The van der Waals surface area contributed by atoms with E-state index < -0.39 is 12.0 Å². The number of aryl methyl sites for hydroxylation is 1. The average Bonchev–Trinajstić information content (AvgIpc) is 3.14. The second-order valence-corrected chi connectivity index (χ2v) is 5.51. The predicted octanol–water partition coefficient (Wildman–Crippen LogP) is 2.53. The lowest BCUT2D eigenvalue weighted by Gasteiger charge is -2.08. The molecule has 23 heavy (non-hydrogen) atoms. The van der Waals surface area contributed by atoms with Crippen LogP contribution < -0.4 is 10.6 Å². The van der Waals surface area contributed by atoms with Crippen molar-refractivity contribution in [2.24, 2.45) is 0 Å². The zero-order valence-electron chi connectivity index (χ0n) is 12.4. The van der Waals surface area contributed by atoms with Crippen molar-refractivity contribution >= 4 is 40.4 Å². The topological polar surface area (TPSA) is 97.6 Å². The van der Waals surface area contributed by atoms with Gasteiger partial charge in [0.05, 0.1) is 18.5 Å². The molecule has 2 N–H and O–H groups in total. The summed E-state index contributed by atoms with van der Waals surface area (Å²) in [6.45, 7) is 1.82. The minimum Gasteiger partial charge on any atom is -0.465 e. The van der Waals surface area contributed by atoms with Crippen LogP contribution in [0.1, 0.15) is 15.5 Å². The number of ether oxygens (including phenoxy) is 1. The molecule has 0 saturated heterocycles. The number of hydrogen-bond donors (Lipinski definition) is 2. The Hall–Kier alpha value is -2.94. The third-order valence-corrected chi connectivity index (χ3v) is 4.03. The van der Waals surface area contributed by atoms with Gasteiger partial charge in [-0.1, -0.05) is 0 Å². The number of hydrogen-bond acceptors (Lipinski definition) is 6. The quantitative estimate of drug-likeness (QED) is 0.719. The summed E-state index contributed by atoms with van der Waals surface area (Å²) in [5.74, 6) is 0.223. The zero-order valence-corrected chi connectivity index (χ0v) is 13.2. The molecule has 3 aromatic heterocycles. The summed E-state index contributed by atoms with van der Waals surface area (Å²) >= 11 is 1.19. The Labute approximate surface area is 135 Å². The molecule has 0 bridgehead atoms. The van der Waals surface area contributed by atoms with Gasteiger partial charge in [0.15, 0.2) is 5.65 Å². The Morgan fingerprint density at radius 3 is 2.78 bits per heavy atom. The van der Waals surface area contributed by atoms with Gasteiger partial charge in [0.25, 0.3) is 0 Å². The first-order valence-electron chi connectivity index (χ1n) is 6.64. The van der Waals surface area contributed by atoms with Gasteiger partial charge in [-0.15, -0.1) is 21.5 Å². The van der Waals surface area contributed by atoms with E-state index in [0.717, 1.165) is 5.82 Å². The van der Waals surface area contributed by atoms with Crippen molar-refractivity contribution in [1.29, 1.82) is 0 Å². The van der Waals surface area contributed by atoms with Crippen LogP contribution in [0.25, 0.3) is 5.65 Å². The van der Waals surface area contributed by atoms with E-state index in [1.807, 2.05) is 13.1 Å². The molecule has 0 aliphatic carbocycles. The Bertz CT molecular complexity index is 886. The number of nitrogens with zero attached hydrogens (tertiary/aromatic N) is 3. The number of thiophene rings is 1. The van der Waals surface area contributed by atoms with Crippen molar-refractivity contribution in [2.45, 2.75) is 6.92 Å². The Morgan fingerprint density at radius 2 is 2.00 bits per heavy atom. The maximum atomic E-state index is 12.2. The van der Waals surface area contributed by atoms with Crippen LogP contribution in [0.15, 0.2) is 29.8 Å². The SMILES string of the molecule is COC(=O)c1sccc1NC(=O)Nc1cccn2c(C)nnc12. The molecule has 0 atom stereocenters. The third kappa shape index (κ3) is 2.86. The minimum atomic E-state index is -0.495. The minimum absolute atomic E-state index is 0.333. The molecule has 0 aliphatic rings. The number of esters is 1. The fourth-order valence-electron chi connectivity index (χ4n) is 2.06. The molecular formula is C14H13N5O3S. The van der Waals surface area contributed by atoms with Crippen LogP contribution in [0.5, 0.6) is 0 Å². The molecular weight excluding hydrogens is 318 g/mol. The number of rotatable bonds is 3. The lowest BCUT2D eigenvalue weighted by atomic mass is 10.3. The molecule has 0 radical (unpaired) electrons. The van der Waals surface area contributed by atoms with E-state index in [9.17, 15) is 9.59 Å². The van der Waals surface area contributed by atoms with Gasteiger partial charge in [-0.2, -0.15) is 0 Å². The highest BCUT2D eigenvalue weighted by Gasteiger charge is 2.16. The van der Waals surface area contributed by atoms with Crippen molar-refractivity contribution in [3.63, 3.8) is 0 Å². The van der Waals surface area contributed by atoms with E-state index in [-0.39, 0.29) is 0 Å². The van der Waals surface area contributed by atoms with E-state index in [0.29, 0.717) is 21.9 Å². The standard InChI is InChI=1S/C14H13N5O3S/c1-8-17-18-12-10(4-3-6-19(8)12)16-14(21)15-9-5-7-23-11(9)13(20)22-2/h3-7H,1-2H3,(H2,15,16,21). The Balaban J connectivity index is 1.80. The first-order valence-corrected chi connectivity index (χ1v) is 7.52. The van der Waals surface area contributed by atoms with E-state index in [1.165, 1.54) is 18.4 Å². The lowest BCUT2D eigenvalue weighted by molar-refractivity contribution is 0.0607. The van der Waals surface area contributed by atoms with Crippen LogP contribution in [0, 0.1) is 6.92 Å². The molecule has 3 rings (SSSR count). The van der Waals surface area contributed by atoms with Crippen molar-refractivity contribution in [3.05, 3.63) is 40.5 Å². The highest BCUT2D eigenvalue weighted by molar-refractivity contribution is 7.12. The smallest absolute Gasteiger partial charge is 0.350 e. The molecule has 0 saturated carbocycles. The van der Waals surface area contributed by atoms with Gasteiger partial charge in [-0.05, 0) is 30.5 Å². The van der Waals surface area contributed by atoms with Crippen LogP contribution in [0.4, 0.5) is 16.2 Å². The molecule has 0 unspecified atom stereocenters. The number of amides is 2. The number of aromatic nitrogens is 3. The monoisotopic (exact) mass is 331 g/mol. The molecule has 118 valence electrons. The molecule has 3 aromatic rings. The van der Waals surface area contributed by atoms with Gasteiger partial charge in [-0.3, -0.25) is 4.40 Å². The first-order chi connectivity index (χ1) is 11.1. The van der Waals surface area contributed by atoms with E-state index >= 15 is 0 Å². The summed E-state index contributed by atoms with van der Waals surface area (Å²) in [4.78, 5) is 24.1. The van der Waals surface area contributed by atoms with E-state index in [4.69, 9.17) is 0 Å². The second-order valence-electron chi connectivity index (χ2n) is 4.60. The summed E-state index contributed by atoms with van der Waals surface area (Å²) in [5.41, 5.74) is 1.45. The summed E-state index contributed by atoms with van der Waals surface area (Å²) in [7, 11) is 1.29. The zero-order chi connectivity index (χ0) is 16.4. The fraction of sp³-hybridized carbons (Fsp3) is 0.143. The van der Waals surface area contributed by atoms with Crippen LogP contribution in [-0.2, 0) is 4.74 Å². The molecule has 9 heteroatoms. The highest BCUT2D eigenvalue weighted by atomic mass is 32.1. The van der Waals surface area contributed by atoms with Gasteiger partial charge in [-0.25, -0.2) is 9.59 Å². The number of carbonyl (C=O) groups is 2. The summed E-state index contributed by atoms with van der Waals surface area (Å²) < 4.78 is 6.44. The van der Waals surface area contributed by atoms with Gasteiger partial charge in [0.1, 0.15) is 10.7 Å². The molecule has 3 heterocycles. The first kappa shape index (κ1) is 15.0. The molecule has 0 spiro atoms. The largest absolute Gasteiger partial charge is 0.465 e. The number of methoxy groups -OCH3 is 1. The van der Waals surface area contributed by atoms with Crippen LogP contribution >= 0.6 is 11.3 Å². The highest BCUT2D eigenvalue weighted by Crippen LogP contribution is 2.23. The van der Waals surface area contributed by atoms with Gasteiger partial charge >= 0.3 is 12.0 Å². The molecule has 0 fully saturated rings. The maximum absolute atomic E-state index is 12.2. The van der Waals surface area contributed by atoms with Crippen molar-refractivity contribution in [3.8, 4) is 0 Å². The summed E-state index contributed by atoms with van der Waals surface area (Å²) in [5, 5.41) is 15.0. The van der Waals surface area contributed by atoms with Crippen molar-refractivity contribution < 1.29 is 14.3 Å².